The summed E-state index contributed by atoms with van der Waals surface area (Å²) in [4.78, 5) is 20.8. The average Bonchev–Trinajstić information content (AvgIpc) is 2.87. The van der Waals surface area contributed by atoms with E-state index in [2.05, 4.69) is 25.9 Å². The van der Waals surface area contributed by atoms with Gasteiger partial charge in [0.25, 0.3) is 0 Å². The van der Waals surface area contributed by atoms with Crippen molar-refractivity contribution in [2.45, 2.75) is 45.4 Å². The van der Waals surface area contributed by atoms with Gasteiger partial charge in [-0.15, -0.1) is 0 Å². The van der Waals surface area contributed by atoms with Crippen molar-refractivity contribution >= 4 is 23.4 Å². The Morgan fingerprint density at radius 1 is 1.00 bits per heavy atom. The lowest BCUT2D eigenvalue weighted by Gasteiger charge is -2.29. The van der Waals surface area contributed by atoms with Crippen LogP contribution in [0.15, 0.2) is 42.5 Å². The molecule has 0 aliphatic rings. The Morgan fingerprint density at radius 2 is 1.64 bits per heavy atom. The van der Waals surface area contributed by atoms with Crippen LogP contribution in [0.3, 0.4) is 0 Å². The normalized spacial score (nSPS) is 12.5. The van der Waals surface area contributed by atoms with Gasteiger partial charge in [0.05, 0.1) is 37.6 Å². The van der Waals surface area contributed by atoms with E-state index in [4.69, 9.17) is 14.2 Å². The smallest absolute Gasteiger partial charge is 0.407 e. The minimum absolute atomic E-state index is 0.0109. The maximum absolute atomic E-state index is 15.2. The van der Waals surface area contributed by atoms with Crippen molar-refractivity contribution in [3.63, 3.8) is 0 Å². The van der Waals surface area contributed by atoms with Gasteiger partial charge in [-0.05, 0) is 39.8 Å². The molecule has 3 N–H and O–H groups in total. The molecule has 10 nitrogen and oxygen atoms in total. The molecule has 0 aliphatic carbocycles. The number of methoxy groups -OCH3 is 2. The Hall–Kier alpha value is -4.66. The van der Waals surface area contributed by atoms with E-state index in [0.29, 0.717) is 5.69 Å². The average molecular weight is 541 g/mol. The monoisotopic (exact) mass is 540 g/mol. The van der Waals surface area contributed by atoms with E-state index < -0.39 is 35.4 Å². The lowest BCUT2D eigenvalue weighted by Crippen LogP contribution is -2.43. The summed E-state index contributed by atoms with van der Waals surface area (Å²) < 4.78 is 45.7. The van der Waals surface area contributed by atoms with Gasteiger partial charge in [-0.3, -0.25) is 0 Å². The van der Waals surface area contributed by atoms with Gasteiger partial charge in [-0.2, -0.15) is 10.2 Å². The number of ether oxygens (including phenoxy) is 3. The number of nitrogens with one attached hydrogen (secondary N) is 3. The molecule has 0 saturated heterocycles. The number of nitrogens with zero attached hydrogens (tertiary/aromatic N) is 3. The Bertz CT molecular complexity index is 1350. The summed E-state index contributed by atoms with van der Waals surface area (Å²) in [6.45, 7) is 6.75. The van der Waals surface area contributed by atoms with Crippen LogP contribution in [-0.2, 0) is 4.74 Å². The molecule has 0 unspecified atom stereocenters. The molecular weight excluding hydrogens is 510 g/mol. The number of carbonyl (C=O) groups excluding carboxylic acids is 1. The second-order valence-corrected chi connectivity index (χ2v) is 9.47. The van der Waals surface area contributed by atoms with Gasteiger partial charge in [-0.25, -0.2) is 18.6 Å². The van der Waals surface area contributed by atoms with Gasteiger partial charge in [0.15, 0.2) is 17.5 Å². The minimum atomic E-state index is -0.970. The Labute approximate surface area is 225 Å². The van der Waals surface area contributed by atoms with Crippen molar-refractivity contribution in [2.24, 2.45) is 0 Å². The molecule has 1 aromatic carbocycles. The Kier molecular flexibility index (Phi) is 9.08. The van der Waals surface area contributed by atoms with Crippen molar-refractivity contribution in [1.29, 1.82) is 5.26 Å². The minimum Gasteiger partial charge on any atom is -0.481 e. The van der Waals surface area contributed by atoms with Crippen molar-refractivity contribution < 1.29 is 27.8 Å². The van der Waals surface area contributed by atoms with Gasteiger partial charge in [0, 0.05) is 17.7 Å². The number of aromatic nitrogens is 2. The van der Waals surface area contributed by atoms with Crippen LogP contribution >= 0.6 is 0 Å². The van der Waals surface area contributed by atoms with Crippen molar-refractivity contribution in [3.05, 3.63) is 65.2 Å². The second kappa shape index (κ2) is 12.3. The molecule has 1 amide bonds. The number of hydrogen-bond donors (Lipinski definition) is 3. The summed E-state index contributed by atoms with van der Waals surface area (Å²) in [6, 6.07) is 10.1. The van der Waals surface area contributed by atoms with Crippen LogP contribution in [-0.4, -0.2) is 41.9 Å². The first kappa shape index (κ1) is 28.9. The van der Waals surface area contributed by atoms with Crippen LogP contribution in [0.25, 0.3) is 0 Å². The number of hydrogen-bond acceptors (Lipinski definition) is 9. The van der Waals surface area contributed by atoms with Crippen LogP contribution in [0, 0.1) is 23.0 Å². The third-order valence-corrected chi connectivity index (χ3v) is 5.33. The molecule has 2 atom stereocenters. The molecule has 0 aliphatic heterocycles. The quantitative estimate of drug-likeness (QED) is 0.324. The highest BCUT2D eigenvalue weighted by Crippen LogP contribution is 2.30. The molecule has 0 fully saturated rings. The van der Waals surface area contributed by atoms with Gasteiger partial charge in [0.1, 0.15) is 17.5 Å². The van der Waals surface area contributed by atoms with Crippen molar-refractivity contribution in [2.75, 3.05) is 24.9 Å². The summed E-state index contributed by atoms with van der Waals surface area (Å²) in [5, 5.41) is 18.1. The third-order valence-electron chi connectivity index (χ3n) is 5.33. The number of anilines is 3. The van der Waals surface area contributed by atoms with Crippen LogP contribution < -0.4 is 25.4 Å². The molecule has 206 valence electrons. The van der Waals surface area contributed by atoms with Gasteiger partial charge < -0.3 is 30.2 Å². The highest BCUT2D eigenvalue weighted by atomic mass is 19.1. The highest BCUT2D eigenvalue weighted by molar-refractivity contribution is 5.69. The molecule has 3 rings (SSSR count). The third kappa shape index (κ3) is 7.67. The zero-order valence-electron chi connectivity index (χ0n) is 22.4. The molecule has 3 aromatic rings. The molecule has 39 heavy (non-hydrogen) atoms. The zero-order chi connectivity index (χ0) is 28.7. The SMILES string of the molecule is COc1cc(Nc2nc(N[C@H](c3ccccc3F)[C@H](C)NC(=O)OC(C)(C)C)c(F)cc2C#N)cc(OC)n1. The Morgan fingerprint density at radius 3 is 2.21 bits per heavy atom. The molecule has 12 heteroatoms. The number of alkyl carbamates (subject to hydrolysis) is 1. The number of pyridine rings is 2. The van der Waals surface area contributed by atoms with Crippen LogP contribution in [0.2, 0.25) is 0 Å². The van der Waals surface area contributed by atoms with E-state index in [0.717, 1.165) is 6.07 Å². The number of benzene rings is 1. The predicted octanol–water partition coefficient (Wildman–Crippen LogP) is 5.45. The molecule has 0 spiro atoms. The van der Waals surface area contributed by atoms with Crippen molar-refractivity contribution in [1.82, 2.24) is 15.3 Å². The van der Waals surface area contributed by atoms with E-state index >= 15 is 4.39 Å². The predicted molar refractivity (Wildman–Crippen MR) is 141 cm³/mol. The molecule has 0 bridgehead atoms. The number of rotatable bonds is 9. The van der Waals surface area contributed by atoms with Crippen LogP contribution in [0.5, 0.6) is 11.8 Å². The van der Waals surface area contributed by atoms with E-state index in [-0.39, 0.29) is 34.5 Å². The van der Waals surface area contributed by atoms with E-state index in [1.165, 1.54) is 44.6 Å². The fourth-order valence-corrected chi connectivity index (χ4v) is 3.59. The van der Waals surface area contributed by atoms with E-state index in [9.17, 15) is 14.4 Å². The summed E-state index contributed by atoms with van der Waals surface area (Å²) >= 11 is 0. The molecule has 0 saturated carbocycles. The first-order valence-electron chi connectivity index (χ1n) is 11.9. The number of amides is 1. The largest absolute Gasteiger partial charge is 0.481 e. The number of carbonyl (C=O) groups is 1. The Balaban J connectivity index is 2.00. The van der Waals surface area contributed by atoms with Crippen LogP contribution in [0.1, 0.15) is 44.9 Å². The van der Waals surface area contributed by atoms with E-state index in [1.54, 1.807) is 33.8 Å². The molecule has 2 heterocycles. The first-order chi connectivity index (χ1) is 18.4. The fourth-order valence-electron chi connectivity index (χ4n) is 3.59. The van der Waals surface area contributed by atoms with Gasteiger partial charge in [-0.1, -0.05) is 18.2 Å². The highest BCUT2D eigenvalue weighted by Gasteiger charge is 2.28. The summed E-state index contributed by atoms with van der Waals surface area (Å²) in [5.74, 6) is -1.23. The lowest BCUT2D eigenvalue weighted by molar-refractivity contribution is 0.0503. The van der Waals surface area contributed by atoms with E-state index in [1.807, 2.05) is 6.07 Å². The fraction of sp³-hybridized carbons (Fsp3) is 0.333. The zero-order valence-corrected chi connectivity index (χ0v) is 22.4. The molecule has 2 aromatic heterocycles. The summed E-state index contributed by atoms with van der Waals surface area (Å²) in [5.41, 5.74) is -0.282. The first-order valence-corrected chi connectivity index (χ1v) is 11.9. The maximum atomic E-state index is 15.2. The van der Waals surface area contributed by atoms with Gasteiger partial charge >= 0.3 is 6.09 Å². The summed E-state index contributed by atoms with van der Waals surface area (Å²) in [7, 11) is 2.86. The second-order valence-electron chi connectivity index (χ2n) is 9.47. The summed E-state index contributed by atoms with van der Waals surface area (Å²) in [6.07, 6.45) is -0.727. The topological polar surface area (TPSA) is 130 Å². The molecular formula is C27H30F2N6O4. The number of nitriles is 1. The molecule has 0 radical (unpaired) electrons. The lowest BCUT2D eigenvalue weighted by atomic mass is 9.99. The van der Waals surface area contributed by atoms with Crippen LogP contribution in [0.4, 0.5) is 30.9 Å². The maximum Gasteiger partial charge on any atom is 0.407 e. The van der Waals surface area contributed by atoms with Crippen molar-refractivity contribution in [3.8, 4) is 17.8 Å². The van der Waals surface area contributed by atoms with Gasteiger partial charge in [0.2, 0.25) is 11.8 Å². The standard InChI is InChI=1S/C27H30F2N6O4/c1-15(31-26(36)39-27(2,3)4)23(18-9-7-8-10-19(18)28)34-25-20(29)11-16(14-30)24(35-25)32-17-12-21(37-5)33-22(13-17)38-6/h7-13,15,23H,1-6H3,(H,31,36)(H2,32,33,34,35)/t15-,23-/m0/s1. The number of halogens is 2.